The third kappa shape index (κ3) is 4.07. The fourth-order valence-corrected chi connectivity index (χ4v) is 1.91. The molecule has 0 aliphatic carbocycles. The van der Waals surface area contributed by atoms with Crippen LogP contribution in [0.1, 0.15) is 19.4 Å². The van der Waals surface area contributed by atoms with Crippen LogP contribution in [0.25, 0.3) is 0 Å². The quantitative estimate of drug-likeness (QED) is 0.844. The molecule has 2 nitrogen and oxygen atoms in total. The lowest BCUT2D eigenvalue weighted by Gasteiger charge is -2.13. The van der Waals surface area contributed by atoms with E-state index in [4.69, 9.17) is 4.74 Å². The lowest BCUT2D eigenvalue weighted by Crippen LogP contribution is -2.19. The Morgan fingerprint density at radius 3 is 2.50 bits per heavy atom. The van der Waals surface area contributed by atoms with E-state index in [1.165, 1.54) is 6.07 Å². The minimum absolute atomic E-state index is 0.301. The third-order valence-corrected chi connectivity index (χ3v) is 2.88. The lowest BCUT2D eigenvalue weighted by molar-refractivity contribution is 0.432. The van der Waals surface area contributed by atoms with Gasteiger partial charge in [0.15, 0.2) is 11.6 Å². The van der Waals surface area contributed by atoms with Gasteiger partial charge >= 0.3 is 0 Å². The normalized spacial score (nSPS) is 10.8. The Morgan fingerprint density at radius 2 is 1.80 bits per heavy atom. The van der Waals surface area contributed by atoms with Gasteiger partial charge in [-0.2, -0.15) is 0 Å². The van der Waals surface area contributed by atoms with E-state index < -0.39 is 0 Å². The summed E-state index contributed by atoms with van der Waals surface area (Å²) in [5.74, 6) is 1.16. The molecule has 1 N–H and O–H groups in total. The van der Waals surface area contributed by atoms with Gasteiger partial charge in [0.2, 0.25) is 0 Å². The SMILES string of the molecule is CC(C)CNCc1cccc(F)c1Oc1ccccc1. The Balaban J connectivity index is 2.14. The largest absolute Gasteiger partial charge is 0.454 e. The van der Waals surface area contributed by atoms with Crippen molar-refractivity contribution in [3.05, 3.63) is 59.9 Å². The Kier molecular flexibility index (Phi) is 5.13. The molecular weight excluding hydrogens is 253 g/mol. The van der Waals surface area contributed by atoms with E-state index in [0.29, 0.717) is 24.0 Å². The molecule has 0 atom stereocenters. The van der Waals surface area contributed by atoms with Crippen molar-refractivity contribution in [3.8, 4) is 11.5 Å². The topological polar surface area (TPSA) is 21.3 Å². The second kappa shape index (κ2) is 7.06. The molecule has 0 amide bonds. The van der Waals surface area contributed by atoms with Gasteiger partial charge in [0.05, 0.1) is 0 Å². The fourth-order valence-electron chi connectivity index (χ4n) is 1.91. The first-order valence-electron chi connectivity index (χ1n) is 6.88. The number of nitrogens with one attached hydrogen (secondary N) is 1. The first-order chi connectivity index (χ1) is 9.66. The minimum atomic E-state index is -0.335. The molecule has 0 saturated heterocycles. The number of ether oxygens (including phenoxy) is 1. The second-order valence-electron chi connectivity index (χ2n) is 5.17. The van der Waals surface area contributed by atoms with E-state index in [1.807, 2.05) is 36.4 Å². The average molecular weight is 273 g/mol. The highest BCUT2D eigenvalue weighted by Crippen LogP contribution is 2.28. The Morgan fingerprint density at radius 1 is 1.05 bits per heavy atom. The molecule has 2 aromatic carbocycles. The van der Waals surface area contributed by atoms with E-state index in [9.17, 15) is 4.39 Å². The highest BCUT2D eigenvalue weighted by atomic mass is 19.1. The zero-order valence-electron chi connectivity index (χ0n) is 11.9. The van der Waals surface area contributed by atoms with Crippen LogP contribution in [0, 0.1) is 11.7 Å². The van der Waals surface area contributed by atoms with E-state index in [-0.39, 0.29) is 5.82 Å². The number of benzene rings is 2. The van der Waals surface area contributed by atoms with Crippen molar-refractivity contribution in [1.82, 2.24) is 5.32 Å². The van der Waals surface area contributed by atoms with Gasteiger partial charge in [-0.3, -0.25) is 0 Å². The van der Waals surface area contributed by atoms with Crippen molar-refractivity contribution in [2.24, 2.45) is 5.92 Å². The Labute approximate surface area is 119 Å². The third-order valence-electron chi connectivity index (χ3n) is 2.88. The second-order valence-corrected chi connectivity index (χ2v) is 5.17. The molecule has 0 saturated carbocycles. The van der Waals surface area contributed by atoms with E-state index in [1.54, 1.807) is 6.07 Å². The molecule has 106 valence electrons. The van der Waals surface area contributed by atoms with Gasteiger partial charge in [-0.25, -0.2) is 4.39 Å². The van der Waals surface area contributed by atoms with Gasteiger partial charge in [0, 0.05) is 12.1 Å². The number of hydrogen-bond acceptors (Lipinski definition) is 2. The van der Waals surface area contributed by atoms with Crippen LogP contribution in [-0.2, 0) is 6.54 Å². The molecule has 0 unspecified atom stereocenters. The van der Waals surface area contributed by atoms with E-state index >= 15 is 0 Å². The minimum Gasteiger partial charge on any atom is -0.454 e. The van der Waals surface area contributed by atoms with Crippen LogP contribution in [-0.4, -0.2) is 6.54 Å². The Bertz CT molecular complexity index is 540. The van der Waals surface area contributed by atoms with Gasteiger partial charge in [0.25, 0.3) is 0 Å². The van der Waals surface area contributed by atoms with Gasteiger partial charge in [-0.15, -0.1) is 0 Å². The zero-order chi connectivity index (χ0) is 14.4. The summed E-state index contributed by atoms with van der Waals surface area (Å²) in [6.07, 6.45) is 0. The summed E-state index contributed by atoms with van der Waals surface area (Å²) in [6, 6.07) is 14.3. The van der Waals surface area contributed by atoms with Crippen LogP contribution < -0.4 is 10.1 Å². The van der Waals surface area contributed by atoms with Gasteiger partial charge in [-0.1, -0.05) is 44.2 Å². The maximum Gasteiger partial charge on any atom is 0.167 e. The molecule has 2 aromatic rings. The molecular formula is C17H20FNO. The van der Waals surface area contributed by atoms with Crippen LogP contribution in [0.5, 0.6) is 11.5 Å². The van der Waals surface area contributed by atoms with Gasteiger partial charge in [-0.05, 0) is 30.7 Å². The predicted octanol–water partition coefficient (Wildman–Crippen LogP) is 4.36. The molecule has 0 aromatic heterocycles. The predicted molar refractivity (Wildman–Crippen MR) is 79.5 cm³/mol. The van der Waals surface area contributed by atoms with Crippen molar-refractivity contribution in [3.63, 3.8) is 0 Å². The first-order valence-corrected chi connectivity index (χ1v) is 6.88. The molecule has 0 radical (unpaired) electrons. The standard InChI is InChI=1S/C17H20FNO/c1-13(2)11-19-12-14-7-6-10-16(18)17(14)20-15-8-4-3-5-9-15/h3-10,13,19H,11-12H2,1-2H3. The number of para-hydroxylation sites is 2. The number of rotatable bonds is 6. The number of hydrogen-bond donors (Lipinski definition) is 1. The summed E-state index contributed by atoms with van der Waals surface area (Å²) < 4.78 is 19.7. The molecule has 0 bridgehead atoms. The van der Waals surface area contributed by atoms with Crippen molar-refractivity contribution in [2.45, 2.75) is 20.4 Å². The monoisotopic (exact) mass is 273 g/mol. The summed E-state index contributed by atoms with van der Waals surface area (Å²) in [5.41, 5.74) is 0.828. The van der Waals surface area contributed by atoms with Crippen molar-refractivity contribution < 1.29 is 9.13 Å². The molecule has 0 fully saturated rings. The molecule has 0 heterocycles. The summed E-state index contributed by atoms with van der Waals surface area (Å²) in [6.45, 7) is 5.76. The van der Waals surface area contributed by atoms with Crippen molar-refractivity contribution in [1.29, 1.82) is 0 Å². The van der Waals surface area contributed by atoms with Crippen LogP contribution in [0.15, 0.2) is 48.5 Å². The zero-order valence-corrected chi connectivity index (χ0v) is 11.9. The lowest BCUT2D eigenvalue weighted by atomic mass is 10.1. The van der Waals surface area contributed by atoms with Gasteiger partial charge < -0.3 is 10.1 Å². The van der Waals surface area contributed by atoms with Crippen LogP contribution >= 0.6 is 0 Å². The molecule has 3 heteroatoms. The van der Waals surface area contributed by atoms with Crippen LogP contribution in [0.2, 0.25) is 0 Å². The summed E-state index contributed by atoms with van der Waals surface area (Å²) in [7, 11) is 0. The smallest absolute Gasteiger partial charge is 0.167 e. The highest BCUT2D eigenvalue weighted by Gasteiger charge is 2.10. The summed E-state index contributed by atoms with van der Waals surface area (Å²) in [5, 5.41) is 3.31. The van der Waals surface area contributed by atoms with Crippen molar-refractivity contribution in [2.75, 3.05) is 6.54 Å². The highest BCUT2D eigenvalue weighted by molar-refractivity contribution is 5.39. The number of halogens is 1. The van der Waals surface area contributed by atoms with E-state index in [2.05, 4.69) is 19.2 Å². The summed E-state index contributed by atoms with van der Waals surface area (Å²) in [4.78, 5) is 0. The summed E-state index contributed by atoms with van der Waals surface area (Å²) >= 11 is 0. The molecule has 0 aliphatic heterocycles. The van der Waals surface area contributed by atoms with Crippen LogP contribution in [0.3, 0.4) is 0 Å². The maximum atomic E-state index is 14.0. The molecule has 2 rings (SSSR count). The van der Waals surface area contributed by atoms with E-state index in [0.717, 1.165) is 12.1 Å². The molecule has 0 aliphatic rings. The first kappa shape index (κ1) is 14.5. The molecule has 20 heavy (non-hydrogen) atoms. The maximum absolute atomic E-state index is 14.0. The molecule has 0 spiro atoms. The Hall–Kier alpha value is -1.87. The van der Waals surface area contributed by atoms with Gasteiger partial charge in [0.1, 0.15) is 5.75 Å². The van der Waals surface area contributed by atoms with Crippen LogP contribution in [0.4, 0.5) is 4.39 Å². The fraction of sp³-hybridized carbons (Fsp3) is 0.294. The van der Waals surface area contributed by atoms with Crippen molar-refractivity contribution >= 4 is 0 Å². The average Bonchev–Trinajstić information content (AvgIpc) is 2.43.